The maximum atomic E-state index is 12.3. The van der Waals surface area contributed by atoms with Crippen LogP contribution in [0.1, 0.15) is 27.3 Å². The normalized spacial score (nSPS) is 10.9. The van der Waals surface area contributed by atoms with E-state index in [-0.39, 0.29) is 11.6 Å². The van der Waals surface area contributed by atoms with Crippen LogP contribution in [-0.4, -0.2) is 28.7 Å². The van der Waals surface area contributed by atoms with Crippen LogP contribution in [0.3, 0.4) is 0 Å². The van der Waals surface area contributed by atoms with Crippen molar-refractivity contribution in [2.24, 2.45) is 5.10 Å². The van der Waals surface area contributed by atoms with Gasteiger partial charge in [-0.15, -0.1) is 0 Å². The molecule has 1 amide bonds. The van der Waals surface area contributed by atoms with Gasteiger partial charge in [-0.05, 0) is 54.0 Å². The minimum absolute atomic E-state index is 0.0466. The Balaban J connectivity index is 1.88. The lowest BCUT2D eigenvalue weighted by molar-refractivity contribution is -0.384. The second-order valence-corrected chi connectivity index (χ2v) is 7.31. The second kappa shape index (κ2) is 8.91. The Kier molecular flexibility index (Phi) is 6.31. The number of nitro benzene ring substituents is 1. The van der Waals surface area contributed by atoms with Crippen LogP contribution in [0.25, 0.3) is 5.69 Å². The van der Waals surface area contributed by atoms with Gasteiger partial charge >= 0.3 is 0 Å². The summed E-state index contributed by atoms with van der Waals surface area (Å²) in [6, 6.07) is 13.4. The van der Waals surface area contributed by atoms with Gasteiger partial charge in [-0.2, -0.15) is 5.10 Å². The molecule has 30 heavy (non-hydrogen) atoms. The first-order valence-electron chi connectivity index (χ1n) is 8.93. The van der Waals surface area contributed by atoms with Crippen molar-refractivity contribution in [3.63, 3.8) is 0 Å². The fraction of sp³-hybridized carbons (Fsp3) is 0.143. The van der Waals surface area contributed by atoms with E-state index in [1.54, 1.807) is 30.5 Å². The fourth-order valence-electron chi connectivity index (χ4n) is 3.12. The minimum atomic E-state index is -0.465. The molecular weight excluding hydrogens is 452 g/mol. The van der Waals surface area contributed by atoms with E-state index in [9.17, 15) is 14.9 Å². The molecule has 2 aromatic carbocycles. The number of halogens is 1. The van der Waals surface area contributed by atoms with E-state index in [1.165, 1.54) is 19.2 Å². The van der Waals surface area contributed by atoms with Gasteiger partial charge < -0.3 is 9.30 Å². The third kappa shape index (κ3) is 4.25. The van der Waals surface area contributed by atoms with Gasteiger partial charge in [-0.25, -0.2) is 5.43 Å². The van der Waals surface area contributed by atoms with Gasteiger partial charge in [0.05, 0.1) is 35.6 Å². The largest absolute Gasteiger partial charge is 0.494 e. The third-order valence-corrected chi connectivity index (χ3v) is 5.27. The molecule has 154 valence electrons. The Morgan fingerprint density at radius 3 is 2.63 bits per heavy atom. The Morgan fingerprint density at radius 2 is 1.97 bits per heavy atom. The summed E-state index contributed by atoms with van der Waals surface area (Å²) in [5.74, 6) is 0.0568. The number of rotatable bonds is 6. The first-order valence-corrected chi connectivity index (χ1v) is 9.72. The monoisotopic (exact) mass is 470 g/mol. The number of amides is 1. The van der Waals surface area contributed by atoms with E-state index >= 15 is 0 Å². The minimum Gasteiger partial charge on any atom is -0.494 e. The summed E-state index contributed by atoms with van der Waals surface area (Å²) in [7, 11) is 1.47. The van der Waals surface area contributed by atoms with Crippen LogP contribution in [0, 0.1) is 24.0 Å². The molecule has 0 unspecified atom stereocenters. The zero-order valence-corrected chi connectivity index (χ0v) is 18.1. The van der Waals surface area contributed by atoms with Crippen molar-refractivity contribution in [2.75, 3.05) is 7.11 Å². The van der Waals surface area contributed by atoms with Crippen molar-refractivity contribution < 1.29 is 14.5 Å². The third-order valence-electron chi connectivity index (χ3n) is 4.57. The average molecular weight is 471 g/mol. The van der Waals surface area contributed by atoms with Crippen LogP contribution in [0.4, 0.5) is 5.69 Å². The number of ether oxygens (including phenoxy) is 1. The quantitative estimate of drug-likeness (QED) is 0.324. The maximum Gasteiger partial charge on any atom is 0.273 e. The predicted molar refractivity (Wildman–Crippen MR) is 118 cm³/mol. The molecule has 0 radical (unpaired) electrons. The van der Waals surface area contributed by atoms with Crippen molar-refractivity contribution in [3.8, 4) is 11.4 Å². The number of nitrogens with one attached hydrogen (secondary N) is 1. The first-order chi connectivity index (χ1) is 14.3. The number of aromatic nitrogens is 1. The molecule has 3 aromatic rings. The average Bonchev–Trinajstić information content (AvgIpc) is 3.00. The number of carbonyl (C=O) groups excluding carboxylic acids is 1. The zero-order chi connectivity index (χ0) is 21.8. The summed E-state index contributed by atoms with van der Waals surface area (Å²) < 4.78 is 7.96. The standard InChI is InChI=1S/C21H19BrN4O4/c1-13-10-15(12-23-24-21(27)17-6-4-5-7-18(17)22)14(2)25(13)19-9-8-16(26(28)29)11-20(19)30-3/h4-12H,1-3H3,(H,24,27)/b23-12-. The van der Waals surface area contributed by atoms with Crippen molar-refractivity contribution in [3.05, 3.63) is 85.6 Å². The van der Waals surface area contributed by atoms with Crippen LogP contribution < -0.4 is 10.2 Å². The maximum absolute atomic E-state index is 12.3. The number of aryl methyl sites for hydroxylation is 1. The Hall–Kier alpha value is -3.46. The number of hydrogen-bond donors (Lipinski definition) is 1. The highest BCUT2D eigenvalue weighted by molar-refractivity contribution is 9.10. The molecule has 0 aliphatic rings. The SMILES string of the molecule is COc1cc([N+](=O)[O-])ccc1-n1c(C)cc(/C=N\NC(=O)c2ccccc2Br)c1C. The molecule has 0 fully saturated rings. The van der Waals surface area contributed by atoms with Gasteiger partial charge in [0.1, 0.15) is 5.75 Å². The van der Waals surface area contributed by atoms with E-state index in [0.717, 1.165) is 17.0 Å². The molecule has 8 nitrogen and oxygen atoms in total. The Morgan fingerprint density at radius 1 is 1.23 bits per heavy atom. The number of benzene rings is 2. The van der Waals surface area contributed by atoms with Gasteiger partial charge in [-0.3, -0.25) is 14.9 Å². The fourth-order valence-corrected chi connectivity index (χ4v) is 3.58. The topological polar surface area (TPSA) is 98.8 Å². The van der Waals surface area contributed by atoms with Gasteiger partial charge in [0, 0.05) is 27.5 Å². The molecule has 0 aliphatic carbocycles. The van der Waals surface area contributed by atoms with Crippen LogP contribution >= 0.6 is 15.9 Å². The number of hydrogen-bond acceptors (Lipinski definition) is 5. The van der Waals surface area contributed by atoms with Crippen LogP contribution in [0.5, 0.6) is 5.75 Å². The van der Waals surface area contributed by atoms with E-state index in [1.807, 2.05) is 30.5 Å². The molecular formula is C21H19BrN4O4. The number of methoxy groups -OCH3 is 1. The number of nitrogens with zero attached hydrogens (tertiary/aromatic N) is 3. The van der Waals surface area contributed by atoms with E-state index in [2.05, 4.69) is 26.5 Å². The van der Waals surface area contributed by atoms with E-state index in [0.29, 0.717) is 21.5 Å². The Labute approximate surface area is 181 Å². The van der Waals surface area contributed by atoms with E-state index < -0.39 is 4.92 Å². The summed E-state index contributed by atoms with van der Waals surface area (Å²) in [6.07, 6.45) is 1.56. The van der Waals surface area contributed by atoms with Gasteiger partial charge in [0.25, 0.3) is 11.6 Å². The van der Waals surface area contributed by atoms with Crippen molar-refractivity contribution in [1.82, 2.24) is 9.99 Å². The van der Waals surface area contributed by atoms with Crippen molar-refractivity contribution >= 4 is 33.7 Å². The molecule has 1 aromatic heterocycles. The Bertz CT molecular complexity index is 1150. The highest BCUT2D eigenvalue weighted by Gasteiger charge is 2.17. The smallest absolute Gasteiger partial charge is 0.273 e. The van der Waals surface area contributed by atoms with E-state index in [4.69, 9.17) is 4.74 Å². The molecule has 0 spiro atoms. The summed E-state index contributed by atoms with van der Waals surface area (Å²) in [4.78, 5) is 22.8. The lowest BCUT2D eigenvalue weighted by atomic mass is 10.2. The van der Waals surface area contributed by atoms with Crippen LogP contribution in [0.15, 0.2) is 58.1 Å². The number of non-ortho nitro benzene ring substituents is 1. The molecule has 9 heteroatoms. The van der Waals surface area contributed by atoms with Gasteiger partial charge in [-0.1, -0.05) is 12.1 Å². The summed E-state index contributed by atoms with van der Waals surface area (Å²) >= 11 is 3.34. The molecule has 1 heterocycles. The van der Waals surface area contributed by atoms with Crippen molar-refractivity contribution in [2.45, 2.75) is 13.8 Å². The molecule has 0 saturated heterocycles. The number of hydrazone groups is 1. The van der Waals surface area contributed by atoms with Gasteiger partial charge in [0.15, 0.2) is 0 Å². The van der Waals surface area contributed by atoms with Crippen LogP contribution in [-0.2, 0) is 0 Å². The molecule has 0 saturated carbocycles. The molecule has 0 aliphatic heterocycles. The lowest BCUT2D eigenvalue weighted by Gasteiger charge is -2.13. The van der Waals surface area contributed by atoms with Crippen molar-refractivity contribution in [1.29, 1.82) is 0 Å². The molecule has 1 N–H and O–H groups in total. The predicted octanol–water partition coefficient (Wildman–Crippen LogP) is 4.54. The van der Waals surface area contributed by atoms with Crippen LogP contribution in [0.2, 0.25) is 0 Å². The summed E-state index contributed by atoms with van der Waals surface area (Å²) in [5, 5.41) is 15.1. The molecule has 0 bridgehead atoms. The highest BCUT2D eigenvalue weighted by Crippen LogP contribution is 2.31. The van der Waals surface area contributed by atoms with Gasteiger partial charge in [0.2, 0.25) is 0 Å². The highest BCUT2D eigenvalue weighted by atomic mass is 79.9. The second-order valence-electron chi connectivity index (χ2n) is 6.45. The summed E-state index contributed by atoms with van der Waals surface area (Å²) in [6.45, 7) is 3.80. The summed E-state index contributed by atoms with van der Waals surface area (Å²) in [5.41, 5.74) is 6.15. The lowest BCUT2D eigenvalue weighted by Crippen LogP contribution is -2.18. The zero-order valence-electron chi connectivity index (χ0n) is 16.5. The molecule has 0 atom stereocenters. The first kappa shape index (κ1) is 21.3. The number of nitro groups is 1. The number of carbonyl (C=O) groups is 1. The molecule has 3 rings (SSSR count).